The highest BCUT2D eigenvalue weighted by atomic mass is 16.7. The molecule has 2 rings (SSSR count). The number of imide groups is 1. The van der Waals surface area contributed by atoms with Crippen LogP contribution in [0.3, 0.4) is 0 Å². The summed E-state index contributed by atoms with van der Waals surface area (Å²) in [6, 6.07) is 0. The number of amides is 2. The highest BCUT2D eigenvalue weighted by Crippen LogP contribution is 2.20. The average molecular weight is 311 g/mol. The Bertz CT molecular complexity index is 418. The zero-order chi connectivity index (χ0) is 15.8. The van der Waals surface area contributed by atoms with E-state index >= 15 is 0 Å². The lowest BCUT2D eigenvalue weighted by Gasteiger charge is -2.29. The lowest BCUT2D eigenvalue weighted by atomic mass is 10.1. The maximum absolute atomic E-state index is 11.3. The van der Waals surface area contributed by atoms with Crippen molar-refractivity contribution in [3.8, 4) is 0 Å². The number of ether oxygens (including phenoxy) is 3. The molecule has 1 saturated heterocycles. The van der Waals surface area contributed by atoms with E-state index in [4.69, 9.17) is 14.2 Å². The summed E-state index contributed by atoms with van der Waals surface area (Å²) < 4.78 is 16.5. The molecule has 122 valence electrons. The number of rotatable bonds is 9. The van der Waals surface area contributed by atoms with E-state index in [2.05, 4.69) is 0 Å². The maximum Gasteiger partial charge on any atom is 0.253 e. The van der Waals surface area contributed by atoms with Gasteiger partial charge in [-0.1, -0.05) is 0 Å². The summed E-state index contributed by atoms with van der Waals surface area (Å²) in [5.41, 5.74) is 0. The summed E-state index contributed by atoms with van der Waals surface area (Å²) in [6.45, 7) is 1.31. The van der Waals surface area contributed by atoms with E-state index in [-0.39, 0.29) is 30.8 Å². The van der Waals surface area contributed by atoms with E-state index in [0.29, 0.717) is 32.5 Å². The van der Waals surface area contributed by atoms with Gasteiger partial charge in [0.1, 0.15) is 12.9 Å². The Balaban J connectivity index is 1.55. The molecule has 2 amide bonds. The normalized spacial score (nSPS) is 25.0. The monoisotopic (exact) mass is 311 g/mol. The van der Waals surface area contributed by atoms with Crippen LogP contribution in [0.1, 0.15) is 25.7 Å². The zero-order valence-corrected chi connectivity index (χ0v) is 12.4. The molecule has 0 bridgehead atoms. The molecule has 2 heterocycles. The zero-order valence-electron chi connectivity index (χ0n) is 12.4. The predicted octanol–water partition coefficient (Wildman–Crippen LogP) is 0.429. The molecule has 1 fully saturated rings. The van der Waals surface area contributed by atoms with Gasteiger partial charge in [-0.15, -0.1) is 0 Å². The van der Waals surface area contributed by atoms with Crippen LogP contribution in [-0.2, 0) is 28.6 Å². The van der Waals surface area contributed by atoms with Gasteiger partial charge in [-0.25, -0.2) is 0 Å². The van der Waals surface area contributed by atoms with Crippen molar-refractivity contribution in [3.63, 3.8) is 0 Å². The van der Waals surface area contributed by atoms with E-state index < -0.39 is 0 Å². The van der Waals surface area contributed by atoms with Crippen LogP contribution in [0, 0.1) is 0 Å². The van der Waals surface area contributed by atoms with Gasteiger partial charge in [-0.3, -0.25) is 14.5 Å². The van der Waals surface area contributed by atoms with Crippen molar-refractivity contribution in [2.24, 2.45) is 0 Å². The first-order valence-electron chi connectivity index (χ1n) is 7.52. The van der Waals surface area contributed by atoms with Gasteiger partial charge in [-0.2, -0.15) is 0 Å². The van der Waals surface area contributed by atoms with Crippen molar-refractivity contribution in [1.29, 1.82) is 0 Å². The lowest BCUT2D eigenvalue weighted by molar-refractivity contribution is -0.202. The minimum absolute atomic E-state index is 0.0397. The summed E-state index contributed by atoms with van der Waals surface area (Å²) in [7, 11) is 0. The molecule has 2 atom stereocenters. The number of carbonyl (C=O) groups is 3. The second kappa shape index (κ2) is 8.77. The summed E-state index contributed by atoms with van der Waals surface area (Å²) in [5, 5.41) is 0. The number of carbonyl (C=O) groups excluding carboxylic acids is 3. The van der Waals surface area contributed by atoms with Crippen LogP contribution in [0.15, 0.2) is 12.2 Å². The van der Waals surface area contributed by atoms with Crippen LogP contribution < -0.4 is 0 Å². The van der Waals surface area contributed by atoms with Crippen LogP contribution in [0.2, 0.25) is 0 Å². The molecule has 7 nitrogen and oxygen atoms in total. The Morgan fingerprint density at radius 2 is 2.05 bits per heavy atom. The van der Waals surface area contributed by atoms with Crippen LogP contribution in [0.25, 0.3) is 0 Å². The molecular formula is C15H21NO6. The van der Waals surface area contributed by atoms with Gasteiger partial charge < -0.3 is 19.0 Å². The average Bonchev–Trinajstić information content (AvgIpc) is 2.84. The molecule has 0 N–H and O–H groups in total. The molecule has 0 aromatic heterocycles. The first-order chi connectivity index (χ1) is 10.7. The van der Waals surface area contributed by atoms with Gasteiger partial charge in [0.2, 0.25) is 0 Å². The molecule has 22 heavy (non-hydrogen) atoms. The van der Waals surface area contributed by atoms with Gasteiger partial charge >= 0.3 is 0 Å². The van der Waals surface area contributed by atoms with E-state index in [1.807, 2.05) is 0 Å². The van der Waals surface area contributed by atoms with Gasteiger partial charge in [0.15, 0.2) is 6.29 Å². The molecule has 0 spiro atoms. The van der Waals surface area contributed by atoms with Crippen molar-refractivity contribution in [1.82, 2.24) is 4.90 Å². The topological polar surface area (TPSA) is 82.1 Å². The molecule has 2 aliphatic heterocycles. The van der Waals surface area contributed by atoms with E-state index in [1.165, 1.54) is 17.1 Å². The fourth-order valence-corrected chi connectivity index (χ4v) is 2.45. The van der Waals surface area contributed by atoms with Crippen molar-refractivity contribution < 1.29 is 28.6 Å². The summed E-state index contributed by atoms with van der Waals surface area (Å²) >= 11 is 0. The standard InChI is InChI=1S/C15H21NO6/c17-8-10-21-15-4-1-3-12(22-15)11-20-9-2-7-16-13(18)5-6-14(16)19/h5-6,8,12,15H,1-4,7,9-11H2. The molecule has 0 aromatic rings. The van der Waals surface area contributed by atoms with E-state index in [1.54, 1.807) is 0 Å². The minimum atomic E-state index is -0.335. The highest BCUT2D eigenvalue weighted by Gasteiger charge is 2.24. The van der Waals surface area contributed by atoms with Gasteiger partial charge in [0.05, 0.1) is 12.7 Å². The van der Waals surface area contributed by atoms with Crippen molar-refractivity contribution >= 4 is 18.1 Å². The Labute approximate surface area is 129 Å². The number of hydrogen-bond donors (Lipinski definition) is 0. The van der Waals surface area contributed by atoms with Crippen LogP contribution >= 0.6 is 0 Å². The first-order valence-corrected chi connectivity index (χ1v) is 7.52. The van der Waals surface area contributed by atoms with Crippen molar-refractivity contribution in [3.05, 3.63) is 12.2 Å². The SMILES string of the molecule is O=CCOC1CCCC(COCCCN2C(=O)C=CC2=O)O1. The van der Waals surface area contributed by atoms with Crippen molar-refractivity contribution in [2.75, 3.05) is 26.4 Å². The van der Waals surface area contributed by atoms with E-state index in [9.17, 15) is 14.4 Å². The van der Waals surface area contributed by atoms with Gasteiger partial charge in [-0.05, 0) is 25.7 Å². The maximum atomic E-state index is 11.3. The lowest BCUT2D eigenvalue weighted by Crippen LogP contribution is -2.34. The van der Waals surface area contributed by atoms with Crippen LogP contribution in [0.5, 0.6) is 0 Å². The quantitative estimate of drug-likeness (QED) is 0.349. The smallest absolute Gasteiger partial charge is 0.253 e. The third-order valence-electron chi connectivity index (χ3n) is 3.54. The Morgan fingerprint density at radius 3 is 2.77 bits per heavy atom. The number of nitrogens with zero attached hydrogens (tertiary/aromatic N) is 1. The van der Waals surface area contributed by atoms with Gasteiger partial charge in [0.25, 0.3) is 11.8 Å². The fraction of sp³-hybridized carbons (Fsp3) is 0.667. The highest BCUT2D eigenvalue weighted by molar-refractivity contribution is 6.12. The molecule has 7 heteroatoms. The van der Waals surface area contributed by atoms with Crippen LogP contribution in [-0.4, -0.2) is 61.8 Å². The second-order valence-electron chi connectivity index (χ2n) is 5.21. The molecule has 0 saturated carbocycles. The summed E-state index contributed by atoms with van der Waals surface area (Å²) in [4.78, 5) is 34.1. The minimum Gasteiger partial charge on any atom is -0.379 e. The molecular weight excluding hydrogens is 290 g/mol. The Morgan fingerprint density at radius 1 is 1.27 bits per heavy atom. The number of aldehydes is 1. The van der Waals surface area contributed by atoms with Gasteiger partial charge in [0, 0.05) is 25.3 Å². The molecule has 2 aliphatic rings. The fourth-order valence-electron chi connectivity index (χ4n) is 2.45. The Kier molecular flexibility index (Phi) is 6.70. The molecule has 2 unspecified atom stereocenters. The predicted molar refractivity (Wildman–Crippen MR) is 75.8 cm³/mol. The Hall–Kier alpha value is -1.57. The molecule has 0 aliphatic carbocycles. The second-order valence-corrected chi connectivity index (χ2v) is 5.21. The van der Waals surface area contributed by atoms with Crippen molar-refractivity contribution in [2.45, 2.75) is 38.1 Å². The largest absolute Gasteiger partial charge is 0.379 e. The number of hydrogen-bond acceptors (Lipinski definition) is 6. The molecule has 0 aromatic carbocycles. The first kappa shape index (κ1) is 16.8. The summed E-state index contributed by atoms with van der Waals surface area (Å²) in [6.07, 6.45) is 6.14. The third-order valence-corrected chi connectivity index (χ3v) is 3.54. The molecule has 0 radical (unpaired) electrons. The third kappa shape index (κ3) is 5.01. The van der Waals surface area contributed by atoms with Crippen LogP contribution in [0.4, 0.5) is 0 Å². The van der Waals surface area contributed by atoms with E-state index in [0.717, 1.165) is 19.3 Å². The summed E-state index contributed by atoms with van der Waals surface area (Å²) in [5.74, 6) is -0.536.